The van der Waals surface area contributed by atoms with Gasteiger partial charge in [0.15, 0.2) is 0 Å². The van der Waals surface area contributed by atoms with Gasteiger partial charge in [0.1, 0.15) is 6.61 Å². The number of hydrogen-bond acceptors (Lipinski definition) is 6. The van der Waals surface area contributed by atoms with Crippen molar-refractivity contribution in [2.45, 2.75) is 33.7 Å². The fourth-order valence-electron chi connectivity index (χ4n) is 1.05. The molecule has 0 aromatic heterocycles. The monoisotopic (exact) mass is 261 g/mol. The predicted octanol–water partition coefficient (Wildman–Crippen LogP) is 1.16. The maximum Gasteiger partial charge on any atom is 0.381 e. The standard InChI is InChI=1S/C12H23NO5/c1-5-15-10(11(14)18-8-9(4)13)12(16-6-2)17-7-3/h9H,5-8,13H2,1-4H3. The lowest BCUT2D eigenvalue weighted by Crippen LogP contribution is -2.26. The van der Waals surface area contributed by atoms with Crippen molar-refractivity contribution in [1.82, 2.24) is 0 Å². The van der Waals surface area contributed by atoms with Crippen molar-refractivity contribution < 1.29 is 23.7 Å². The fourth-order valence-corrected chi connectivity index (χ4v) is 1.05. The molecule has 0 aliphatic rings. The number of rotatable bonds is 9. The van der Waals surface area contributed by atoms with Crippen molar-refractivity contribution in [2.24, 2.45) is 5.73 Å². The molecule has 0 saturated carbocycles. The SMILES string of the molecule is CCOC(OCC)=C(OCC)C(=O)OCC(C)N. The van der Waals surface area contributed by atoms with Gasteiger partial charge in [-0.15, -0.1) is 0 Å². The van der Waals surface area contributed by atoms with Crippen LogP contribution in [0.5, 0.6) is 0 Å². The fraction of sp³-hybridized carbons (Fsp3) is 0.750. The van der Waals surface area contributed by atoms with Crippen LogP contribution in [-0.4, -0.2) is 38.4 Å². The molecule has 0 rings (SSSR count). The van der Waals surface area contributed by atoms with Gasteiger partial charge in [-0.05, 0) is 27.7 Å². The molecule has 0 bridgehead atoms. The molecule has 0 spiro atoms. The third kappa shape index (κ3) is 6.34. The van der Waals surface area contributed by atoms with E-state index in [-0.39, 0.29) is 24.4 Å². The zero-order valence-electron chi connectivity index (χ0n) is 11.5. The van der Waals surface area contributed by atoms with Crippen LogP contribution in [0.3, 0.4) is 0 Å². The van der Waals surface area contributed by atoms with E-state index in [4.69, 9.17) is 24.7 Å². The number of ether oxygens (including phenoxy) is 4. The van der Waals surface area contributed by atoms with Crippen LogP contribution in [0, 0.1) is 0 Å². The van der Waals surface area contributed by atoms with Crippen molar-refractivity contribution in [3.8, 4) is 0 Å². The van der Waals surface area contributed by atoms with Crippen LogP contribution in [-0.2, 0) is 23.7 Å². The highest BCUT2D eigenvalue weighted by atomic mass is 16.7. The average molecular weight is 261 g/mol. The summed E-state index contributed by atoms with van der Waals surface area (Å²) in [6.07, 6.45) is 0. The summed E-state index contributed by atoms with van der Waals surface area (Å²) in [4.78, 5) is 11.8. The first-order chi connectivity index (χ1) is 8.56. The molecule has 106 valence electrons. The van der Waals surface area contributed by atoms with E-state index in [1.54, 1.807) is 27.7 Å². The Labute approximate surface area is 108 Å². The Morgan fingerprint density at radius 1 is 1.00 bits per heavy atom. The Morgan fingerprint density at radius 2 is 1.50 bits per heavy atom. The van der Waals surface area contributed by atoms with E-state index in [1.165, 1.54) is 0 Å². The summed E-state index contributed by atoms with van der Waals surface area (Å²) >= 11 is 0. The van der Waals surface area contributed by atoms with E-state index in [2.05, 4.69) is 0 Å². The Bertz CT molecular complexity index is 268. The van der Waals surface area contributed by atoms with Gasteiger partial charge in [-0.2, -0.15) is 0 Å². The highest BCUT2D eigenvalue weighted by molar-refractivity contribution is 5.86. The normalized spacial score (nSPS) is 11.4. The average Bonchev–Trinajstić information content (AvgIpc) is 2.33. The minimum atomic E-state index is -0.633. The molecule has 6 heteroatoms. The Kier molecular flexibility index (Phi) is 8.82. The lowest BCUT2D eigenvalue weighted by molar-refractivity contribution is -0.145. The van der Waals surface area contributed by atoms with E-state index >= 15 is 0 Å². The summed E-state index contributed by atoms with van der Waals surface area (Å²) in [5, 5.41) is 0. The van der Waals surface area contributed by atoms with E-state index in [0.717, 1.165) is 0 Å². The summed E-state index contributed by atoms with van der Waals surface area (Å²) in [6.45, 7) is 8.23. The second-order valence-electron chi connectivity index (χ2n) is 3.49. The molecule has 0 fully saturated rings. The number of esters is 1. The van der Waals surface area contributed by atoms with Crippen LogP contribution < -0.4 is 5.73 Å². The summed E-state index contributed by atoms with van der Waals surface area (Å²) in [5.41, 5.74) is 5.51. The maximum atomic E-state index is 11.8. The molecular weight excluding hydrogens is 238 g/mol. The number of carbonyl (C=O) groups excluding carboxylic acids is 1. The van der Waals surface area contributed by atoms with Gasteiger partial charge in [-0.1, -0.05) is 0 Å². The molecular formula is C12H23NO5. The number of carbonyl (C=O) groups is 1. The molecule has 0 saturated heterocycles. The highest BCUT2D eigenvalue weighted by Gasteiger charge is 2.22. The molecule has 18 heavy (non-hydrogen) atoms. The molecule has 0 amide bonds. The van der Waals surface area contributed by atoms with E-state index < -0.39 is 5.97 Å². The third-order valence-electron chi connectivity index (χ3n) is 1.69. The summed E-state index contributed by atoms with van der Waals surface area (Å²) in [6, 6.07) is -0.237. The molecule has 0 radical (unpaired) electrons. The van der Waals surface area contributed by atoms with E-state index in [1.807, 2.05) is 0 Å². The van der Waals surface area contributed by atoms with Gasteiger partial charge < -0.3 is 24.7 Å². The van der Waals surface area contributed by atoms with Crippen LogP contribution in [0.4, 0.5) is 0 Å². The first-order valence-corrected chi connectivity index (χ1v) is 6.12. The lowest BCUT2D eigenvalue weighted by atomic mass is 10.4. The smallest absolute Gasteiger partial charge is 0.381 e. The van der Waals surface area contributed by atoms with Gasteiger partial charge in [0.2, 0.25) is 0 Å². The van der Waals surface area contributed by atoms with Crippen LogP contribution >= 0.6 is 0 Å². The van der Waals surface area contributed by atoms with Crippen LogP contribution in [0.1, 0.15) is 27.7 Å². The van der Waals surface area contributed by atoms with Crippen molar-refractivity contribution >= 4 is 5.97 Å². The first-order valence-electron chi connectivity index (χ1n) is 6.12. The van der Waals surface area contributed by atoms with Gasteiger partial charge in [0.05, 0.1) is 19.8 Å². The molecule has 2 N–H and O–H groups in total. The Hall–Kier alpha value is -1.43. The zero-order chi connectivity index (χ0) is 14.0. The highest BCUT2D eigenvalue weighted by Crippen LogP contribution is 2.12. The second kappa shape index (κ2) is 9.58. The first kappa shape index (κ1) is 16.6. The Balaban J connectivity index is 4.85. The molecule has 0 heterocycles. The van der Waals surface area contributed by atoms with Gasteiger partial charge in [-0.25, -0.2) is 4.79 Å². The molecule has 1 unspecified atom stereocenters. The second-order valence-corrected chi connectivity index (χ2v) is 3.49. The predicted molar refractivity (Wildman–Crippen MR) is 66.5 cm³/mol. The van der Waals surface area contributed by atoms with Crippen molar-refractivity contribution in [3.05, 3.63) is 11.7 Å². The van der Waals surface area contributed by atoms with E-state index in [9.17, 15) is 4.79 Å². The van der Waals surface area contributed by atoms with Crippen LogP contribution in [0.25, 0.3) is 0 Å². The van der Waals surface area contributed by atoms with Gasteiger partial charge in [-0.3, -0.25) is 0 Å². The van der Waals surface area contributed by atoms with Crippen molar-refractivity contribution in [1.29, 1.82) is 0 Å². The van der Waals surface area contributed by atoms with Crippen LogP contribution in [0.15, 0.2) is 11.7 Å². The topological polar surface area (TPSA) is 80.0 Å². The Morgan fingerprint density at radius 3 is 1.89 bits per heavy atom. The van der Waals surface area contributed by atoms with Gasteiger partial charge >= 0.3 is 11.9 Å². The largest absolute Gasteiger partial charge is 0.482 e. The zero-order valence-corrected chi connectivity index (χ0v) is 11.5. The maximum absolute atomic E-state index is 11.8. The molecule has 0 aromatic rings. The van der Waals surface area contributed by atoms with Crippen LogP contribution in [0.2, 0.25) is 0 Å². The molecule has 0 aliphatic carbocycles. The molecule has 6 nitrogen and oxygen atoms in total. The van der Waals surface area contributed by atoms with E-state index in [0.29, 0.717) is 19.8 Å². The summed E-state index contributed by atoms with van der Waals surface area (Å²) in [5.74, 6) is -0.635. The third-order valence-corrected chi connectivity index (χ3v) is 1.69. The lowest BCUT2D eigenvalue weighted by Gasteiger charge is -2.15. The minimum Gasteiger partial charge on any atom is -0.482 e. The molecule has 0 aliphatic heterocycles. The number of nitrogens with two attached hydrogens (primary N) is 1. The summed E-state index contributed by atoms with van der Waals surface area (Å²) in [7, 11) is 0. The molecule has 0 aromatic carbocycles. The van der Waals surface area contributed by atoms with Gasteiger partial charge in [0.25, 0.3) is 5.76 Å². The number of hydrogen-bond donors (Lipinski definition) is 1. The van der Waals surface area contributed by atoms with Crippen molar-refractivity contribution in [3.63, 3.8) is 0 Å². The quantitative estimate of drug-likeness (QED) is 0.381. The van der Waals surface area contributed by atoms with Gasteiger partial charge in [0, 0.05) is 6.04 Å². The molecule has 1 atom stereocenters. The summed E-state index contributed by atoms with van der Waals surface area (Å²) < 4.78 is 20.7. The minimum absolute atomic E-state index is 0.0523. The van der Waals surface area contributed by atoms with Crippen molar-refractivity contribution in [2.75, 3.05) is 26.4 Å².